The Bertz CT molecular complexity index is 1000. The van der Waals surface area contributed by atoms with Crippen molar-refractivity contribution in [1.29, 1.82) is 0 Å². The van der Waals surface area contributed by atoms with Crippen LogP contribution < -0.4 is 15.4 Å². The topological polar surface area (TPSA) is 85.3 Å². The Labute approximate surface area is 177 Å². The highest BCUT2D eigenvalue weighted by Gasteiger charge is 2.36. The van der Waals surface area contributed by atoms with E-state index in [0.29, 0.717) is 0 Å². The number of hydrogen-bond acceptors (Lipinski definition) is 4. The molecule has 1 aromatic carbocycles. The lowest BCUT2D eigenvalue weighted by molar-refractivity contribution is -0.274. The summed E-state index contributed by atoms with van der Waals surface area (Å²) in [4.78, 5) is 24.1. The standard InChI is InChI=1S/C19H18F6N4O3/c1-10-13(9-26-16(10)30)17(31)27-15-8-14(29(28-15)6-5-18(20,21)22)11-3-2-4-12(7-11)32-19(23,24)25/h2-4,7-8,10,13H,5-6,9H2,1H3,(H,26,30)(H,27,28,31)/t10-,13+/m1/s1. The summed E-state index contributed by atoms with van der Waals surface area (Å²) < 4.78 is 80.6. The number of aromatic nitrogens is 2. The van der Waals surface area contributed by atoms with Crippen LogP contribution in [0.3, 0.4) is 0 Å². The Morgan fingerprint density at radius 1 is 1.25 bits per heavy atom. The predicted molar refractivity (Wildman–Crippen MR) is 99.3 cm³/mol. The Kier molecular flexibility index (Phi) is 6.37. The maximum absolute atomic E-state index is 12.7. The third kappa shape index (κ3) is 5.92. The van der Waals surface area contributed by atoms with Crippen LogP contribution in [0.4, 0.5) is 32.2 Å². The van der Waals surface area contributed by atoms with Gasteiger partial charge in [0.25, 0.3) is 0 Å². The number of alkyl halides is 6. The molecule has 2 amide bonds. The summed E-state index contributed by atoms with van der Waals surface area (Å²) in [6, 6.07) is 5.91. The molecule has 32 heavy (non-hydrogen) atoms. The van der Waals surface area contributed by atoms with E-state index in [2.05, 4.69) is 20.5 Å². The van der Waals surface area contributed by atoms with E-state index in [1.807, 2.05) is 0 Å². The van der Waals surface area contributed by atoms with E-state index in [4.69, 9.17) is 0 Å². The fraction of sp³-hybridized carbons (Fsp3) is 0.421. The highest BCUT2D eigenvalue weighted by molar-refractivity contribution is 5.97. The summed E-state index contributed by atoms with van der Waals surface area (Å²) >= 11 is 0. The van der Waals surface area contributed by atoms with Crippen LogP contribution in [-0.4, -0.2) is 40.7 Å². The molecule has 0 bridgehead atoms. The molecule has 174 valence electrons. The first kappa shape index (κ1) is 23.4. The van der Waals surface area contributed by atoms with Crippen LogP contribution in [-0.2, 0) is 16.1 Å². The van der Waals surface area contributed by atoms with Gasteiger partial charge in [-0.25, -0.2) is 0 Å². The van der Waals surface area contributed by atoms with Gasteiger partial charge in [0.15, 0.2) is 5.82 Å². The summed E-state index contributed by atoms with van der Waals surface area (Å²) in [6.45, 7) is 1.04. The molecular formula is C19H18F6N4O3. The number of rotatable bonds is 6. The third-order valence-corrected chi connectivity index (χ3v) is 4.85. The Balaban J connectivity index is 1.89. The number of carbonyl (C=O) groups is 2. The monoisotopic (exact) mass is 464 g/mol. The van der Waals surface area contributed by atoms with Crippen molar-refractivity contribution in [2.45, 2.75) is 32.4 Å². The highest BCUT2D eigenvalue weighted by Crippen LogP contribution is 2.31. The molecule has 3 rings (SSSR count). The zero-order chi connectivity index (χ0) is 23.7. The van der Waals surface area contributed by atoms with Gasteiger partial charge < -0.3 is 15.4 Å². The van der Waals surface area contributed by atoms with E-state index >= 15 is 0 Å². The van der Waals surface area contributed by atoms with Crippen LogP contribution in [0.15, 0.2) is 30.3 Å². The minimum atomic E-state index is -4.95. The predicted octanol–water partition coefficient (Wildman–Crippen LogP) is 3.72. The number of anilines is 1. The minimum Gasteiger partial charge on any atom is -0.406 e. The highest BCUT2D eigenvalue weighted by atomic mass is 19.4. The average Bonchev–Trinajstić information content (AvgIpc) is 3.22. The minimum absolute atomic E-state index is 0.0471. The number of aryl methyl sites for hydroxylation is 1. The zero-order valence-electron chi connectivity index (χ0n) is 16.5. The van der Waals surface area contributed by atoms with E-state index in [1.54, 1.807) is 6.92 Å². The van der Waals surface area contributed by atoms with Gasteiger partial charge in [0.05, 0.1) is 24.6 Å². The molecule has 0 spiro atoms. The van der Waals surface area contributed by atoms with Crippen molar-refractivity contribution in [3.63, 3.8) is 0 Å². The third-order valence-electron chi connectivity index (χ3n) is 4.85. The fourth-order valence-corrected chi connectivity index (χ4v) is 3.24. The van der Waals surface area contributed by atoms with Gasteiger partial charge in [-0.15, -0.1) is 13.2 Å². The van der Waals surface area contributed by atoms with Crippen molar-refractivity contribution < 1.29 is 40.7 Å². The normalized spacial score (nSPS) is 19.0. The van der Waals surface area contributed by atoms with Crippen molar-refractivity contribution in [3.05, 3.63) is 30.3 Å². The molecule has 0 saturated carbocycles. The molecule has 2 heterocycles. The van der Waals surface area contributed by atoms with Gasteiger partial charge in [-0.3, -0.25) is 14.3 Å². The maximum atomic E-state index is 12.7. The second-order valence-corrected chi connectivity index (χ2v) is 7.21. The van der Waals surface area contributed by atoms with Crippen molar-refractivity contribution >= 4 is 17.6 Å². The van der Waals surface area contributed by atoms with Crippen LogP contribution in [0.5, 0.6) is 5.75 Å². The van der Waals surface area contributed by atoms with E-state index < -0.39 is 49.0 Å². The summed E-state index contributed by atoms with van der Waals surface area (Å²) in [7, 11) is 0. The van der Waals surface area contributed by atoms with Gasteiger partial charge in [0.2, 0.25) is 11.8 Å². The molecule has 13 heteroatoms. The second kappa shape index (κ2) is 8.71. The van der Waals surface area contributed by atoms with Gasteiger partial charge in [-0.2, -0.15) is 18.3 Å². The van der Waals surface area contributed by atoms with Crippen LogP contribution in [0.25, 0.3) is 11.3 Å². The average molecular weight is 464 g/mol. The van der Waals surface area contributed by atoms with Gasteiger partial charge in [0.1, 0.15) is 5.75 Å². The molecule has 0 aliphatic carbocycles. The van der Waals surface area contributed by atoms with Crippen molar-refractivity contribution in [2.24, 2.45) is 11.8 Å². The summed E-state index contributed by atoms with van der Waals surface area (Å²) in [5.74, 6) is -2.82. The summed E-state index contributed by atoms with van der Waals surface area (Å²) in [6.07, 6.45) is -10.7. The number of ether oxygens (including phenoxy) is 1. The van der Waals surface area contributed by atoms with Crippen LogP contribution in [0.1, 0.15) is 13.3 Å². The first-order chi connectivity index (χ1) is 14.8. The lowest BCUT2D eigenvalue weighted by Crippen LogP contribution is -2.28. The van der Waals surface area contributed by atoms with Gasteiger partial charge in [0, 0.05) is 24.1 Å². The van der Waals surface area contributed by atoms with Gasteiger partial charge >= 0.3 is 12.5 Å². The Hall–Kier alpha value is -3.25. The molecule has 0 unspecified atom stereocenters. The van der Waals surface area contributed by atoms with Gasteiger partial charge in [-0.1, -0.05) is 19.1 Å². The molecule has 2 aromatic rings. The Morgan fingerprint density at radius 3 is 2.56 bits per heavy atom. The molecule has 1 aliphatic rings. The zero-order valence-corrected chi connectivity index (χ0v) is 16.5. The molecule has 1 fully saturated rings. The maximum Gasteiger partial charge on any atom is 0.573 e. The Morgan fingerprint density at radius 2 is 1.97 bits per heavy atom. The summed E-state index contributed by atoms with van der Waals surface area (Å²) in [5.41, 5.74) is 0.152. The fourth-order valence-electron chi connectivity index (χ4n) is 3.24. The number of amides is 2. The molecule has 1 aliphatic heterocycles. The number of carbonyl (C=O) groups excluding carboxylic acids is 2. The van der Waals surface area contributed by atoms with E-state index in [0.717, 1.165) is 16.8 Å². The number of benzene rings is 1. The lowest BCUT2D eigenvalue weighted by atomic mass is 9.97. The largest absolute Gasteiger partial charge is 0.573 e. The van der Waals surface area contributed by atoms with E-state index in [1.165, 1.54) is 18.2 Å². The SMILES string of the molecule is C[C@H]1C(=O)NC[C@@H]1C(=O)Nc1cc(-c2cccc(OC(F)(F)F)c2)n(CCC(F)(F)F)n1. The van der Waals surface area contributed by atoms with Crippen LogP contribution in [0.2, 0.25) is 0 Å². The lowest BCUT2D eigenvalue weighted by Gasteiger charge is -2.12. The van der Waals surface area contributed by atoms with Gasteiger partial charge in [-0.05, 0) is 12.1 Å². The molecular weight excluding hydrogens is 446 g/mol. The molecule has 2 atom stereocenters. The molecule has 1 saturated heterocycles. The molecule has 1 aromatic heterocycles. The molecule has 0 radical (unpaired) electrons. The second-order valence-electron chi connectivity index (χ2n) is 7.21. The number of nitrogens with zero attached hydrogens (tertiary/aromatic N) is 2. The smallest absolute Gasteiger partial charge is 0.406 e. The number of nitrogens with one attached hydrogen (secondary N) is 2. The first-order valence-electron chi connectivity index (χ1n) is 9.42. The van der Waals surface area contributed by atoms with Crippen molar-refractivity contribution in [2.75, 3.05) is 11.9 Å². The first-order valence-corrected chi connectivity index (χ1v) is 9.42. The van der Waals surface area contributed by atoms with E-state index in [9.17, 15) is 35.9 Å². The van der Waals surface area contributed by atoms with Crippen molar-refractivity contribution in [1.82, 2.24) is 15.1 Å². The van der Waals surface area contributed by atoms with E-state index in [-0.39, 0.29) is 29.5 Å². The molecule has 2 N–H and O–H groups in total. The number of hydrogen-bond donors (Lipinski definition) is 2. The van der Waals surface area contributed by atoms with Crippen molar-refractivity contribution in [3.8, 4) is 17.0 Å². The quantitative estimate of drug-likeness (QED) is 0.639. The summed E-state index contributed by atoms with van der Waals surface area (Å²) in [5, 5.41) is 8.96. The number of halogens is 6. The van der Waals surface area contributed by atoms with Crippen LogP contribution in [0, 0.1) is 11.8 Å². The molecule has 7 nitrogen and oxygen atoms in total. The van der Waals surface area contributed by atoms with Crippen LogP contribution >= 0.6 is 0 Å².